The molecule has 2 amide bonds. The predicted octanol–water partition coefficient (Wildman–Crippen LogP) is 4.59. The van der Waals surface area contributed by atoms with Gasteiger partial charge in [0.1, 0.15) is 5.82 Å². The van der Waals surface area contributed by atoms with Gasteiger partial charge in [-0.25, -0.2) is 9.18 Å². The third-order valence-electron chi connectivity index (χ3n) is 3.11. The number of amides is 2. The number of aryl methyl sites for hydroxylation is 1. The van der Waals surface area contributed by atoms with Crippen LogP contribution in [0.4, 0.5) is 20.6 Å². The number of anilines is 2. The average Bonchev–Trinajstić information content (AvgIpc) is 2.97. The molecule has 2 aromatic carbocycles. The first-order valence-corrected chi connectivity index (χ1v) is 7.74. The number of nitrogens with one attached hydrogen (secondary N) is 2. The van der Waals surface area contributed by atoms with E-state index in [1.807, 2.05) is 0 Å². The molecule has 24 heavy (non-hydrogen) atoms. The quantitative estimate of drug-likeness (QED) is 0.685. The largest absolute Gasteiger partial charge is 0.339 e. The van der Waals surface area contributed by atoms with Crippen LogP contribution in [-0.2, 0) is 0 Å². The van der Waals surface area contributed by atoms with Crippen LogP contribution in [0, 0.1) is 12.7 Å². The minimum atomic E-state index is -0.542. The molecule has 0 fully saturated rings. The van der Waals surface area contributed by atoms with E-state index in [0.29, 0.717) is 21.9 Å². The van der Waals surface area contributed by atoms with Crippen molar-refractivity contribution in [3.8, 4) is 11.4 Å². The molecule has 0 aliphatic heterocycles. The molecule has 0 aliphatic carbocycles. The van der Waals surface area contributed by atoms with Gasteiger partial charge in [-0.05, 0) is 42.5 Å². The number of aromatic nitrogens is 2. The highest BCUT2D eigenvalue weighted by Crippen LogP contribution is 2.21. The van der Waals surface area contributed by atoms with Gasteiger partial charge in [0.25, 0.3) is 0 Å². The lowest BCUT2D eigenvalue weighted by Gasteiger charge is -2.09. The van der Waals surface area contributed by atoms with Crippen LogP contribution in [0.1, 0.15) is 5.89 Å². The fraction of sp³-hybridized carbons (Fsp3) is 0.0625. The zero-order chi connectivity index (χ0) is 17.1. The van der Waals surface area contributed by atoms with Gasteiger partial charge in [0.05, 0.1) is 5.69 Å². The maximum atomic E-state index is 13.7. The number of nitrogens with zero attached hydrogens (tertiary/aromatic N) is 2. The first-order chi connectivity index (χ1) is 11.5. The van der Waals surface area contributed by atoms with E-state index in [-0.39, 0.29) is 5.69 Å². The SMILES string of the molecule is Cc1nc(-c2ccc(NC(=O)Nc3ccc(Br)cc3F)cc2)no1. The van der Waals surface area contributed by atoms with Crippen molar-refractivity contribution in [1.82, 2.24) is 10.1 Å². The van der Waals surface area contributed by atoms with Gasteiger partial charge >= 0.3 is 6.03 Å². The van der Waals surface area contributed by atoms with Crippen molar-refractivity contribution in [3.63, 3.8) is 0 Å². The van der Waals surface area contributed by atoms with Crippen molar-refractivity contribution in [1.29, 1.82) is 0 Å². The summed E-state index contributed by atoms with van der Waals surface area (Å²) in [7, 11) is 0. The van der Waals surface area contributed by atoms with E-state index in [4.69, 9.17) is 4.52 Å². The van der Waals surface area contributed by atoms with Crippen molar-refractivity contribution in [2.45, 2.75) is 6.92 Å². The molecule has 0 bridgehead atoms. The number of carbonyl (C=O) groups is 1. The molecule has 3 rings (SSSR count). The van der Waals surface area contributed by atoms with E-state index >= 15 is 0 Å². The number of halogens is 2. The normalized spacial score (nSPS) is 10.5. The number of carbonyl (C=O) groups excluding carboxylic acids is 1. The molecule has 0 atom stereocenters. The van der Waals surface area contributed by atoms with Gasteiger partial charge in [0.2, 0.25) is 11.7 Å². The summed E-state index contributed by atoms with van der Waals surface area (Å²) in [6.45, 7) is 1.71. The summed E-state index contributed by atoms with van der Waals surface area (Å²) in [5.41, 5.74) is 1.40. The van der Waals surface area contributed by atoms with Gasteiger partial charge in [-0.1, -0.05) is 21.1 Å². The van der Waals surface area contributed by atoms with Gasteiger partial charge in [-0.3, -0.25) is 0 Å². The Morgan fingerprint density at radius 2 is 1.92 bits per heavy atom. The van der Waals surface area contributed by atoms with Crippen LogP contribution in [0.15, 0.2) is 51.5 Å². The van der Waals surface area contributed by atoms with Gasteiger partial charge in [-0.2, -0.15) is 4.98 Å². The van der Waals surface area contributed by atoms with Gasteiger partial charge < -0.3 is 15.2 Å². The molecule has 1 heterocycles. The Morgan fingerprint density at radius 3 is 2.54 bits per heavy atom. The van der Waals surface area contributed by atoms with E-state index in [1.165, 1.54) is 12.1 Å². The number of urea groups is 1. The first-order valence-electron chi connectivity index (χ1n) is 6.95. The summed E-state index contributed by atoms with van der Waals surface area (Å²) in [5, 5.41) is 8.89. The van der Waals surface area contributed by atoms with Gasteiger partial charge in [-0.15, -0.1) is 0 Å². The molecule has 0 saturated heterocycles. The minimum absolute atomic E-state index is 0.0922. The smallest absolute Gasteiger partial charge is 0.323 e. The Kier molecular flexibility index (Phi) is 4.57. The molecule has 3 aromatic rings. The molecular weight excluding hydrogens is 379 g/mol. The lowest BCUT2D eigenvalue weighted by Crippen LogP contribution is -2.20. The standard InChI is InChI=1S/C16H12BrFN4O2/c1-9-19-15(22-24-9)10-2-5-12(6-3-10)20-16(23)21-14-7-4-11(17)8-13(14)18/h2-8H,1H3,(H2,20,21,23). The predicted molar refractivity (Wildman–Crippen MR) is 91.2 cm³/mol. The Hall–Kier alpha value is -2.74. The van der Waals surface area contributed by atoms with Crippen molar-refractivity contribution in [3.05, 3.63) is 58.6 Å². The highest BCUT2D eigenvalue weighted by molar-refractivity contribution is 9.10. The summed E-state index contributed by atoms with van der Waals surface area (Å²) in [6, 6.07) is 10.7. The van der Waals surface area contributed by atoms with Gasteiger partial charge in [0, 0.05) is 22.6 Å². The van der Waals surface area contributed by atoms with Crippen LogP contribution in [0.2, 0.25) is 0 Å². The van der Waals surface area contributed by atoms with Crippen LogP contribution >= 0.6 is 15.9 Å². The minimum Gasteiger partial charge on any atom is -0.339 e. The summed E-state index contributed by atoms with van der Waals surface area (Å²) in [5.74, 6) is 0.422. The highest BCUT2D eigenvalue weighted by Gasteiger charge is 2.09. The van der Waals surface area contributed by atoms with Crippen LogP contribution < -0.4 is 10.6 Å². The fourth-order valence-electron chi connectivity index (χ4n) is 1.99. The lowest BCUT2D eigenvalue weighted by atomic mass is 10.2. The fourth-order valence-corrected chi connectivity index (χ4v) is 2.33. The summed E-state index contributed by atoms with van der Waals surface area (Å²) in [6.07, 6.45) is 0. The lowest BCUT2D eigenvalue weighted by molar-refractivity contribution is 0.262. The Bertz CT molecular complexity index is 880. The third kappa shape index (κ3) is 3.77. The molecule has 0 saturated carbocycles. The van der Waals surface area contributed by atoms with Crippen LogP contribution in [0.3, 0.4) is 0 Å². The summed E-state index contributed by atoms with van der Waals surface area (Å²) in [4.78, 5) is 16.1. The maximum Gasteiger partial charge on any atom is 0.323 e. The Labute approximate surface area is 145 Å². The molecule has 6 nitrogen and oxygen atoms in total. The molecule has 0 spiro atoms. The average molecular weight is 391 g/mol. The second-order valence-corrected chi connectivity index (χ2v) is 5.83. The summed E-state index contributed by atoms with van der Waals surface area (Å²) >= 11 is 3.16. The van der Waals surface area contributed by atoms with Crippen molar-refractivity contribution >= 4 is 33.3 Å². The molecule has 1 aromatic heterocycles. The maximum absolute atomic E-state index is 13.7. The van der Waals surface area contributed by atoms with E-state index in [2.05, 4.69) is 36.7 Å². The van der Waals surface area contributed by atoms with E-state index in [0.717, 1.165) is 5.56 Å². The van der Waals surface area contributed by atoms with Crippen molar-refractivity contribution < 1.29 is 13.7 Å². The molecule has 0 unspecified atom stereocenters. The zero-order valence-electron chi connectivity index (χ0n) is 12.5. The van der Waals surface area contributed by atoms with Crippen LogP contribution in [0.5, 0.6) is 0 Å². The first kappa shape index (κ1) is 16.1. The van der Waals surface area contributed by atoms with Crippen molar-refractivity contribution in [2.24, 2.45) is 0 Å². The monoisotopic (exact) mass is 390 g/mol. The van der Waals surface area contributed by atoms with E-state index in [1.54, 1.807) is 37.3 Å². The number of rotatable bonds is 3. The van der Waals surface area contributed by atoms with Crippen LogP contribution in [0.25, 0.3) is 11.4 Å². The summed E-state index contributed by atoms with van der Waals surface area (Å²) < 4.78 is 19.2. The number of hydrogen-bond acceptors (Lipinski definition) is 4. The van der Waals surface area contributed by atoms with Crippen LogP contribution in [-0.4, -0.2) is 16.2 Å². The second kappa shape index (κ2) is 6.79. The number of benzene rings is 2. The molecular formula is C16H12BrFN4O2. The molecule has 8 heteroatoms. The second-order valence-electron chi connectivity index (χ2n) is 4.92. The number of hydrogen-bond donors (Lipinski definition) is 2. The van der Waals surface area contributed by atoms with Gasteiger partial charge in [0.15, 0.2) is 0 Å². The molecule has 2 N–H and O–H groups in total. The Balaban J connectivity index is 1.66. The highest BCUT2D eigenvalue weighted by atomic mass is 79.9. The van der Waals surface area contributed by atoms with E-state index < -0.39 is 11.8 Å². The molecule has 122 valence electrons. The Morgan fingerprint density at radius 1 is 1.17 bits per heavy atom. The van der Waals surface area contributed by atoms with Crippen molar-refractivity contribution in [2.75, 3.05) is 10.6 Å². The van der Waals surface area contributed by atoms with E-state index in [9.17, 15) is 9.18 Å². The molecule has 0 aliphatic rings. The molecule has 0 radical (unpaired) electrons. The zero-order valence-corrected chi connectivity index (χ0v) is 14.1. The third-order valence-corrected chi connectivity index (χ3v) is 3.60. The topological polar surface area (TPSA) is 80.0 Å².